The summed E-state index contributed by atoms with van der Waals surface area (Å²) in [7, 11) is 1.19. The summed E-state index contributed by atoms with van der Waals surface area (Å²) in [4.78, 5) is 21.9. The molecule has 0 aliphatic heterocycles. The lowest BCUT2D eigenvalue weighted by Crippen LogP contribution is -2.32. The number of benzene rings is 1. The van der Waals surface area contributed by atoms with Gasteiger partial charge in [0.15, 0.2) is 0 Å². The number of carboxylic acid groups (broad SMARTS) is 1. The van der Waals surface area contributed by atoms with Crippen molar-refractivity contribution < 1.29 is 24.5 Å². The molecule has 1 rings (SSSR count). The third-order valence-electron chi connectivity index (χ3n) is 2.24. The molecule has 0 bridgehead atoms. The van der Waals surface area contributed by atoms with Gasteiger partial charge in [0.25, 0.3) is 0 Å². The number of hydrogen-bond donors (Lipinski definition) is 3. The van der Waals surface area contributed by atoms with Gasteiger partial charge in [0.1, 0.15) is 17.4 Å². The van der Waals surface area contributed by atoms with Crippen LogP contribution < -0.4 is 5.73 Å². The predicted molar refractivity (Wildman–Crippen MR) is 58.8 cm³/mol. The van der Waals surface area contributed by atoms with Crippen molar-refractivity contribution in [2.24, 2.45) is 5.73 Å². The number of nitrogens with two attached hydrogens (primary N) is 1. The number of phenols is 1. The minimum absolute atomic E-state index is 0.0115. The number of hydrogen-bond acceptors (Lipinski definition) is 5. The second-order valence-electron chi connectivity index (χ2n) is 3.49. The Morgan fingerprint density at radius 2 is 2.12 bits per heavy atom. The number of aromatic hydroxyl groups is 1. The molecule has 6 heteroatoms. The summed E-state index contributed by atoms with van der Waals surface area (Å²) in [5.74, 6) is -2.03. The quantitative estimate of drug-likeness (QED) is 0.644. The topological polar surface area (TPSA) is 110 Å². The number of rotatable bonds is 4. The molecule has 0 aliphatic carbocycles. The summed E-state index contributed by atoms with van der Waals surface area (Å²) in [6, 6.07) is 3.12. The van der Waals surface area contributed by atoms with Crippen molar-refractivity contribution >= 4 is 11.9 Å². The molecule has 0 amide bonds. The molecule has 0 aromatic heterocycles. The first-order chi connectivity index (χ1) is 7.95. The maximum atomic E-state index is 11.3. The molecule has 0 saturated heterocycles. The molecule has 0 fully saturated rings. The van der Waals surface area contributed by atoms with Crippen molar-refractivity contribution in [2.75, 3.05) is 7.11 Å². The zero-order chi connectivity index (χ0) is 13.0. The third-order valence-corrected chi connectivity index (χ3v) is 2.24. The minimum atomic E-state index is -1.13. The van der Waals surface area contributed by atoms with Crippen molar-refractivity contribution in [2.45, 2.75) is 12.5 Å². The van der Waals surface area contributed by atoms with E-state index in [0.717, 1.165) is 0 Å². The van der Waals surface area contributed by atoms with E-state index in [-0.39, 0.29) is 17.7 Å². The molecule has 92 valence electrons. The molecule has 0 heterocycles. The minimum Gasteiger partial charge on any atom is -0.507 e. The lowest BCUT2D eigenvalue weighted by atomic mass is 10.0. The highest BCUT2D eigenvalue weighted by atomic mass is 16.5. The molecule has 1 aromatic carbocycles. The smallest absolute Gasteiger partial charge is 0.341 e. The van der Waals surface area contributed by atoms with E-state index >= 15 is 0 Å². The zero-order valence-electron chi connectivity index (χ0n) is 9.21. The van der Waals surface area contributed by atoms with Crippen molar-refractivity contribution in [3.63, 3.8) is 0 Å². The molecular formula is C11H13NO5. The first-order valence-corrected chi connectivity index (χ1v) is 4.84. The first kappa shape index (κ1) is 13.0. The van der Waals surface area contributed by atoms with Crippen LogP contribution in [0.1, 0.15) is 15.9 Å². The Bertz CT molecular complexity index is 443. The largest absolute Gasteiger partial charge is 0.507 e. The number of phenolic OH excluding ortho intramolecular Hbond substituents is 1. The van der Waals surface area contributed by atoms with Gasteiger partial charge in [-0.1, -0.05) is 6.07 Å². The maximum Gasteiger partial charge on any atom is 0.341 e. The average Bonchev–Trinajstić information content (AvgIpc) is 2.30. The summed E-state index contributed by atoms with van der Waals surface area (Å²) in [6.45, 7) is 0. The standard InChI is InChI=1S/C11H13NO5/c1-17-11(16)7-4-6(2-3-9(7)13)5-8(12)10(14)15/h2-4,8,13H,5,12H2,1H3,(H,14,15)/t8-/m0/s1. The molecule has 1 aromatic rings. The number of carbonyl (C=O) groups excluding carboxylic acids is 1. The van der Waals surface area contributed by atoms with E-state index in [4.69, 9.17) is 10.8 Å². The Hall–Kier alpha value is -2.08. The van der Waals surface area contributed by atoms with E-state index in [1.807, 2.05) is 0 Å². The number of esters is 1. The molecule has 6 nitrogen and oxygen atoms in total. The summed E-state index contributed by atoms with van der Waals surface area (Å²) in [5.41, 5.74) is 5.90. The fourth-order valence-corrected chi connectivity index (χ4v) is 1.32. The lowest BCUT2D eigenvalue weighted by Gasteiger charge is -2.08. The molecule has 0 unspecified atom stereocenters. The van der Waals surface area contributed by atoms with Crippen LogP contribution in [0.3, 0.4) is 0 Å². The van der Waals surface area contributed by atoms with Crippen molar-refractivity contribution in [1.29, 1.82) is 0 Å². The van der Waals surface area contributed by atoms with Crippen LogP contribution in [0.4, 0.5) is 0 Å². The van der Waals surface area contributed by atoms with Gasteiger partial charge in [0.2, 0.25) is 0 Å². The Morgan fingerprint density at radius 3 is 2.65 bits per heavy atom. The van der Waals surface area contributed by atoms with Gasteiger partial charge >= 0.3 is 11.9 Å². The van der Waals surface area contributed by atoms with Gasteiger partial charge in [-0.15, -0.1) is 0 Å². The number of carbonyl (C=O) groups is 2. The van der Waals surface area contributed by atoms with Crippen molar-refractivity contribution in [1.82, 2.24) is 0 Å². The van der Waals surface area contributed by atoms with Gasteiger partial charge < -0.3 is 20.7 Å². The van der Waals surface area contributed by atoms with E-state index in [2.05, 4.69) is 4.74 Å². The molecule has 0 aliphatic rings. The van der Waals surface area contributed by atoms with Gasteiger partial charge in [-0.3, -0.25) is 4.79 Å². The molecule has 0 saturated carbocycles. The normalized spacial score (nSPS) is 11.9. The highest BCUT2D eigenvalue weighted by Gasteiger charge is 2.16. The molecular weight excluding hydrogens is 226 g/mol. The van der Waals surface area contributed by atoms with E-state index in [0.29, 0.717) is 5.56 Å². The van der Waals surface area contributed by atoms with E-state index < -0.39 is 18.0 Å². The van der Waals surface area contributed by atoms with Crippen LogP contribution >= 0.6 is 0 Å². The number of methoxy groups -OCH3 is 1. The molecule has 4 N–H and O–H groups in total. The van der Waals surface area contributed by atoms with Gasteiger partial charge in [-0.05, 0) is 24.1 Å². The van der Waals surface area contributed by atoms with Crippen molar-refractivity contribution in [3.8, 4) is 5.75 Å². The van der Waals surface area contributed by atoms with Crippen LogP contribution in [-0.4, -0.2) is 35.3 Å². The van der Waals surface area contributed by atoms with Crippen LogP contribution in [0.2, 0.25) is 0 Å². The number of ether oxygens (including phenoxy) is 1. The zero-order valence-corrected chi connectivity index (χ0v) is 9.21. The van der Waals surface area contributed by atoms with Gasteiger partial charge in [-0.25, -0.2) is 4.79 Å². The molecule has 0 spiro atoms. The van der Waals surface area contributed by atoms with E-state index in [1.54, 1.807) is 0 Å². The molecule has 0 radical (unpaired) electrons. The summed E-state index contributed by atoms with van der Waals surface area (Å²) < 4.78 is 4.48. The first-order valence-electron chi connectivity index (χ1n) is 4.84. The summed E-state index contributed by atoms with van der Waals surface area (Å²) >= 11 is 0. The Balaban J connectivity index is 2.96. The molecule has 1 atom stereocenters. The number of aliphatic carboxylic acids is 1. The SMILES string of the molecule is COC(=O)c1cc(C[C@H](N)C(=O)O)ccc1O. The van der Waals surface area contributed by atoms with Crippen LogP contribution in [0, 0.1) is 0 Å². The number of carboxylic acids is 1. The summed E-state index contributed by atoms with van der Waals surface area (Å²) in [6.07, 6.45) is 0.0691. The Morgan fingerprint density at radius 1 is 1.47 bits per heavy atom. The maximum absolute atomic E-state index is 11.3. The molecule has 17 heavy (non-hydrogen) atoms. The van der Waals surface area contributed by atoms with Crippen LogP contribution in [-0.2, 0) is 16.0 Å². The fraction of sp³-hybridized carbons (Fsp3) is 0.273. The van der Waals surface area contributed by atoms with Crippen LogP contribution in [0.15, 0.2) is 18.2 Å². The lowest BCUT2D eigenvalue weighted by molar-refractivity contribution is -0.138. The average molecular weight is 239 g/mol. The highest BCUT2D eigenvalue weighted by molar-refractivity contribution is 5.92. The van der Waals surface area contributed by atoms with Crippen LogP contribution in [0.5, 0.6) is 5.75 Å². The second kappa shape index (κ2) is 5.31. The monoisotopic (exact) mass is 239 g/mol. The Kier molecular flexibility index (Phi) is 4.06. The van der Waals surface area contributed by atoms with E-state index in [1.165, 1.54) is 25.3 Å². The highest BCUT2D eigenvalue weighted by Crippen LogP contribution is 2.20. The van der Waals surface area contributed by atoms with Gasteiger partial charge in [0, 0.05) is 0 Å². The Labute approximate surface area is 97.6 Å². The van der Waals surface area contributed by atoms with Gasteiger partial charge in [0.05, 0.1) is 7.11 Å². The fourth-order valence-electron chi connectivity index (χ4n) is 1.32. The predicted octanol–water partition coefficient (Wildman–Crippen LogP) is 0.133. The van der Waals surface area contributed by atoms with Crippen LogP contribution in [0.25, 0.3) is 0 Å². The van der Waals surface area contributed by atoms with Gasteiger partial charge in [-0.2, -0.15) is 0 Å². The van der Waals surface area contributed by atoms with E-state index in [9.17, 15) is 14.7 Å². The third kappa shape index (κ3) is 3.18. The van der Waals surface area contributed by atoms with Crippen molar-refractivity contribution in [3.05, 3.63) is 29.3 Å². The second-order valence-corrected chi connectivity index (χ2v) is 3.49. The summed E-state index contributed by atoms with van der Waals surface area (Å²) in [5, 5.41) is 18.1.